The molecule has 6 heteroatoms. The van der Waals surface area contributed by atoms with Gasteiger partial charge in [-0.1, -0.05) is 49.4 Å². The Labute approximate surface area is 190 Å². The molecular weight excluding hydrogens is 420 g/mol. The molecule has 0 saturated heterocycles. The molecule has 0 radical (unpaired) electrons. The third-order valence-electron chi connectivity index (χ3n) is 5.61. The van der Waals surface area contributed by atoms with Crippen LogP contribution in [-0.4, -0.2) is 14.3 Å². The van der Waals surface area contributed by atoms with Gasteiger partial charge in [-0.05, 0) is 80.1 Å². The van der Waals surface area contributed by atoms with Gasteiger partial charge in [-0.3, -0.25) is 9.52 Å². The lowest BCUT2D eigenvalue weighted by Crippen LogP contribution is -2.27. The molecule has 3 aromatic carbocycles. The molecule has 0 aromatic heterocycles. The molecular formula is C26H30N2O3S. The molecule has 0 fully saturated rings. The van der Waals surface area contributed by atoms with Crippen molar-refractivity contribution >= 4 is 21.6 Å². The fraction of sp³-hybridized carbons (Fsp3) is 0.269. The van der Waals surface area contributed by atoms with E-state index < -0.39 is 10.0 Å². The Morgan fingerprint density at radius 1 is 0.906 bits per heavy atom. The fourth-order valence-electron chi connectivity index (χ4n) is 3.48. The highest BCUT2D eigenvalue weighted by atomic mass is 32.2. The van der Waals surface area contributed by atoms with Gasteiger partial charge >= 0.3 is 0 Å². The first kappa shape index (κ1) is 23.5. The second-order valence-electron chi connectivity index (χ2n) is 8.19. The molecule has 168 valence electrons. The number of amides is 1. The fourth-order valence-corrected chi connectivity index (χ4v) is 4.88. The summed E-state index contributed by atoms with van der Waals surface area (Å²) in [6, 6.07) is 18.2. The van der Waals surface area contributed by atoms with Crippen molar-refractivity contribution in [2.24, 2.45) is 0 Å². The second-order valence-corrected chi connectivity index (χ2v) is 9.85. The first-order valence-corrected chi connectivity index (χ1v) is 12.2. The molecule has 0 aliphatic carbocycles. The van der Waals surface area contributed by atoms with Crippen LogP contribution >= 0.6 is 0 Å². The van der Waals surface area contributed by atoms with Gasteiger partial charge in [0.15, 0.2) is 0 Å². The van der Waals surface area contributed by atoms with Gasteiger partial charge in [0.2, 0.25) is 0 Å². The van der Waals surface area contributed by atoms with E-state index in [1.54, 1.807) is 25.1 Å². The molecule has 0 aliphatic rings. The Bertz CT molecular complexity index is 1230. The normalized spacial score (nSPS) is 12.3. The first-order chi connectivity index (χ1) is 15.1. The molecule has 2 N–H and O–H groups in total. The van der Waals surface area contributed by atoms with Gasteiger partial charge in [0.25, 0.3) is 15.9 Å². The predicted molar refractivity (Wildman–Crippen MR) is 130 cm³/mol. The zero-order valence-electron chi connectivity index (χ0n) is 19.2. The maximum absolute atomic E-state index is 13.1. The maximum atomic E-state index is 13.1. The molecule has 0 heterocycles. The van der Waals surface area contributed by atoms with Crippen molar-refractivity contribution in [3.8, 4) is 0 Å². The number of benzene rings is 3. The summed E-state index contributed by atoms with van der Waals surface area (Å²) in [5, 5.41) is 2.96. The molecule has 1 amide bonds. The molecule has 0 aliphatic heterocycles. The smallest absolute Gasteiger partial charge is 0.262 e. The van der Waals surface area contributed by atoms with Gasteiger partial charge in [0.05, 0.1) is 16.6 Å². The molecule has 3 aromatic rings. The van der Waals surface area contributed by atoms with E-state index in [-0.39, 0.29) is 16.8 Å². The molecule has 0 unspecified atom stereocenters. The van der Waals surface area contributed by atoms with Crippen molar-refractivity contribution in [1.29, 1.82) is 0 Å². The number of rotatable bonds is 7. The Morgan fingerprint density at radius 3 is 2.22 bits per heavy atom. The molecule has 32 heavy (non-hydrogen) atoms. The minimum atomic E-state index is -3.86. The molecule has 0 saturated carbocycles. The first-order valence-electron chi connectivity index (χ1n) is 10.7. The van der Waals surface area contributed by atoms with E-state index in [2.05, 4.69) is 17.0 Å². The zero-order chi connectivity index (χ0) is 23.5. The number of hydrogen-bond acceptors (Lipinski definition) is 3. The van der Waals surface area contributed by atoms with Gasteiger partial charge in [-0.25, -0.2) is 8.42 Å². The largest absolute Gasteiger partial charge is 0.346 e. The number of nitrogens with one attached hydrogen (secondary N) is 2. The Balaban J connectivity index is 1.83. The number of carbonyl (C=O) groups excluding carboxylic acids is 1. The highest BCUT2D eigenvalue weighted by molar-refractivity contribution is 7.92. The van der Waals surface area contributed by atoms with E-state index >= 15 is 0 Å². The highest BCUT2D eigenvalue weighted by Crippen LogP contribution is 2.24. The SMILES string of the molecule is CCc1ccc([C@H](C)NC(=O)c2ccc(C)c(S(=O)(=O)Nc3cc(C)ccc3C)c2)cc1. The van der Waals surface area contributed by atoms with Crippen LogP contribution in [0.4, 0.5) is 5.69 Å². The standard InChI is InChI=1S/C26H30N2O3S/c1-6-21-10-13-22(14-11-21)20(5)27-26(29)23-12-9-19(4)25(16-23)32(30,31)28-24-15-17(2)7-8-18(24)3/h7-16,20,28H,6H2,1-5H3,(H,27,29)/t20-/m0/s1. The van der Waals surface area contributed by atoms with Crippen LogP contribution in [0.3, 0.4) is 0 Å². The summed E-state index contributed by atoms with van der Waals surface area (Å²) in [6.07, 6.45) is 0.956. The number of aryl methyl sites for hydroxylation is 4. The average molecular weight is 451 g/mol. The molecule has 5 nitrogen and oxygen atoms in total. The van der Waals surface area contributed by atoms with Crippen LogP contribution in [0.1, 0.15) is 58.1 Å². The number of sulfonamides is 1. The third-order valence-corrected chi connectivity index (χ3v) is 7.12. The lowest BCUT2D eigenvalue weighted by atomic mass is 10.0. The van der Waals surface area contributed by atoms with Gasteiger partial charge < -0.3 is 5.32 Å². The molecule has 0 spiro atoms. The lowest BCUT2D eigenvalue weighted by Gasteiger charge is -2.17. The Hall–Kier alpha value is -3.12. The van der Waals surface area contributed by atoms with Crippen LogP contribution in [0.25, 0.3) is 0 Å². The van der Waals surface area contributed by atoms with Crippen molar-refractivity contribution in [1.82, 2.24) is 5.32 Å². The summed E-state index contributed by atoms with van der Waals surface area (Å²) >= 11 is 0. The van der Waals surface area contributed by atoms with Crippen LogP contribution in [0.2, 0.25) is 0 Å². The van der Waals surface area contributed by atoms with E-state index in [1.807, 2.05) is 57.2 Å². The van der Waals surface area contributed by atoms with Crippen molar-refractivity contribution in [2.75, 3.05) is 4.72 Å². The topological polar surface area (TPSA) is 75.3 Å². The van der Waals surface area contributed by atoms with E-state index in [4.69, 9.17) is 0 Å². The Morgan fingerprint density at radius 2 is 1.56 bits per heavy atom. The monoisotopic (exact) mass is 450 g/mol. The number of anilines is 1. The van der Waals surface area contributed by atoms with Crippen LogP contribution in [0, 0.1) is 20.8 Å². The predicted octanol–water partition coefficient (Wildman–Crippen LogP) is 5.47. The summed E-state index contributed by atoms with van der Waals surface area (Å²) in [6.45, 7) is 9.48. The average Bonchev–Trinajstić information content (AvgIpc) is 2.76. The van der Waals surface area contributed by atoms with Gasteiger partial charge in [-0.2, -0.15) is 0 Å². The van der Waals surface area contributed by atoms with Crippen molar-refractivity contribution in [2.45, 2.75) is 52.0 Å². The van der Waals surface area contributed by atoms with Crippen LogP contribution in [0.5, 0.6) is 0 Å². The lowest BCUT2D eigenvalue weighted by molar-refractivity contribution is 0.0939. The summed E-state index contributed by atoms with van der Waals surface area (Å²) in [5.41, 5.74) is 5.41. The minimum Gasteiger partial charge on any atom is -0.346 e. The van der Waals surface area contributed by atoms with Crippen molar-refractivity contribution in [3.63, 3.8) is 0 Å². The van der Waals surface area contributed by atoms with E-state index in [1.165, 1.54) is 11.6 Å². The summed E-state index contributed by atoms with van der Waals surface area (Å²) in [7, 11) is -3.86. The summed E-state index contributed by atoms with van der Waals surface area (Å²) < 4.78 is 28.9. The van der Waals surface area contributed by atoms with E-state index in [9.17, 15) is 13.2 Å². The maximum Gasteiger partial charge on any atom is 0.262 e. The van der Waals surface area contributed by atoms with Crippen LogP contribution < -0.4 is 10.0 Å². The van der Waals surface area contributed by atoms with E-state index in [0.717, 1.165) is 23.1 Å². The quantitative estimate of drug-likeness (QED) is 0.501. The number of carbonyl (C=O) groups is 1. The molecule has 3 rings (SSSR count). The third kappa shape index (κ3) is 5.37. The van der Waals surface area contributed by atoms with Gasteiger partial charge in [0, 0.05) is 5.56 Å². The van der Waals surface area contributed by atoms with Crippen molar-refractivity contribution < 1.29 is 13.2 Å². The van der Waals surface area contributed by atoms with Crippen molar-refractivity contribution in [3.05, 3.63) is 94.0 Å². The summed E-state index contributed by atoms with van der Waals surface area (Å²) in [5.74, 6) is -0.319. The zero-order valence-corrected chi connectivity index (χ0v) is 20.0. The highest BCUT2D eigenvalue weighted by Gasteiger charge is 2.21. The van der Waals surface area contributed by atoms with Crippen LogP contribution in [0.15, 0.2) is 65.6 Å². The Kier molecular flexibility index (Phi) is 7.04. The van der Waals surface area contributed by atoms with Crippen LogP contribution in [-0.2, 0) is 16.4 Å². The second kappa shape index (κ2) is 9.57. The van der Waals surface area contributed by atoms with Gasteiger partial charge in [0.1, 0.15) is 0 Å². The number of hydrogen-bond donors (Lipinski definition) is 2. The summed E-state index contributed by atoms with van der Waals surface area (Å²) in [4.78, 5) is 13.0. The molecule has 1 atom stereocenters. The van der Waals surface area contributed by atoms with Gasteiger partial charge in [-0.15, -0.1) is 0 Å². The van der Waals surface area contributed by atoms with E-state index in [0.29, 0.717) is 16.8 Å². The molecule has 0 bridgehead atoms. The minimum absolute atomic E-state index is 0.0889.